The summed E-state index contributed by atoms with van der Waals surface area (Å²) in [7, 11) is 0. The number of ether oxygens (including phenoxy) is 1. The van der Waals surface area contributed by atoms with E-state index < -0.39 is 17.4 Å². The van der Waals surface area contributed by atoms with Gasteiger partial charge in [0.2, 0.25) is 0 Å². The van der Waals surface area contributed by atoms with Crippen LogP contribution in [0.3, 0.4) is 0 Å². The van der Waals surface area contributed by atoms with Gasteiger partial charge in [-0.2, -0.15) is 0 Å². The molecular weight excluding hydrogens is 146 g/mol. The Morgan fingerprint density at radius 3 is 2.45 bits per heavy atom. The van der Waals surface area contributed by atoms with E-state index in [1.807, 2.05) is 0 Å². The Bertz CT molecular complexity index is 196. The molecule has 4 nitrogen and oxygen atoms in total. The van der Waals surface area contributed by atoms with Crippen molar-refractivity contribution in [2.75, 3.05) is 6.54 Å². The van der Waals surface area contributed by atoms with Crippen molar-refractivity contribution in [3.05, 3.63) is 0 Å². The highest BCUT2D eigenvalue weighted by molar-refractivity contribution is 5.90. The summed E-state index contributed by atoms with van der Waals surface area (Å²) in [5.41, 5.74) is 4.56. The summed E-state index contributed by atoms with van der Waals surface area (Å²) in [5.74, 6) is -1.09. The quantitative estimate of drug-likeness (QED) is 0.445. The molecule has 0 aliphatic heterocycles. The van der Waals surface area contributed by atoms with Crippen molar-refractivity contribution in [1.29, 1.82) is 0 Å². The average Bonchev–Trinajstić information content (AvgIpc) is 2.69. The van der Waals surface area contributed by atoms with Gasteiger partial charge in [0.1, 0.15) is 0 Å². The summed E-state index contributed by atoms with van der Waals surface area (Å²) in [5, 5.41) is 0. The molecule has 0 unspecified atom stereocenters. The van der Waals surface area contributed by atoms with Crippen molar-refractivity contribution in [2.24, 2.45) is 11.1 Å². The van der Waals surface area contributed by atoms with Gasteiger partial charge in [-0.3, -0.25) is 9.59 Å². The number of hydrogen-bond acceptors (Lipinski definition) is 4. The maximum atomic E-state index is 11.0. The maximum Gasteiger partial charge on any atom is 0.327 e. The standard InChI is InChI=1S/C7H11NO3/c1-7(2-3-7)6(10)11-5(9)4-8/h2-4,8H2,1H3. The van der Waals surface area contributed by atoms with E-state index in [0.717, 1.165) is 12.8 Å². The van der Waals surface area contributed by atoms with E-state index in [0.29, 0.717) is 0 Å². The Labute approximate surface area is 64.7 Å². The molecule has 1 aliphatic carbocycles. The summed E-state index contributed by atoms with van der Waals surface area (Å²) >= 11 is 0. The lowest BCUT2D eigenvalue weighted by Gasteiger charge is -2.05. The summed E-state index contributed by atoms with van der Waals surface area (Å²) in [6.07, 6.45) is 1.62. The van der Waals surface area contributed by atoms with Crippen LogP contribution in [0.5, 0.6) is 0 Å². The van der Waals surface area contributed by atoms with Crippen LogP contribution in [0.1, 0.15) is 19.8 Å². The molecule has 4 heteroatoms. The Kier molecular flexibility index (Phi) is 1.95. The van der Waals surface area contributed by atoms with Gasteiger partial charge < -0.3 is 10.5 Å². The maximum absolute atomic E-state index is 11.0. The van der Waals surface area contributed by atoms with Gasteiger partial charge in [-0.05, 0) is 19.8 Å². The number of nitrogens with two attached hydrogens (primary N) is 1. The fraction of sp³-hybridized carbons (Fsp3) is 0.714. The fourth-order valence-electron chi connectivity index (χ4n) is 0.660. The van der Waals surface area contributed by atoms with Crippen LogP contribution in [0, 0.1) is 5.41 Å². The van der Waals surface area contributed by atoms with Crippen LogP contribution in [0.2, 0.25) is 0 Å². The Morgan fingerprint density at radius 2 is 2.09 bits per heavy atom. The van der Waals surface area contributed by atoms with Gasteiger partial charge in [0.25, 0.3) is 0 Å². The van der Waals surface area contributed by atoms with Crippen LogP contribution in [0.4, 0.5) is 0 Å². The number of hydrogen-bond donors (Lipinski definition) is 1. The fourth-order valence-corrected chi connectivity index (χ4v) is 0.660. The van der Waals surface area contributed by atoms with Crippen molar-refractivity contribution in [1.82, 2.24) is 0 Å². The summed E-state index contributed by atoms with van der Waals surface area (Å²) < 4.78 is 4.42. The Morgan fingerprint density at radius 1 is 1.55 bits per heavy atom. The minimum Gasteiger partial charge on any atom is -0.392 e. The molecule has 0 heterocycles. The first-order valence-electron chi connectivity index (χ1n) is 3.54. The Balaban J connectivity index is 2.38. The molecule has 62 valence electrons. The molecule has 0 spiro atoms. The molecule has 0 aromatic rings. The van der Waals surface area contributed by atoms with E-state index in [-0.39, 0.29) is 6.54 Å². The average molecular weight is 157 g/mol. The highest BCUT2D eigenvalue weighted by atomic mass is 16.6. The molecule has 1 rings (SSSR count). The minimum atomic E-state index is -0.650. The molecule has 0 aromatic heterocycles. The zero-order valence-corrected chi connectivity index (χ0v) is 6.42. The molecule has 11 heavy (non-hydrogen) atoms. The summed E-state index contributed by atoms with van der Waals surface area (Å²) in [6.45, 7) is 1.54. The third-order valence-electron chi connectivity index (χ3n) is 1.87. The largest absolute Gasteiger partial charge is 0.392 e. The van der Waals surface area contributed by atoms with E-state index in [1.54, 1.807) is 6.92 Å². The van der Waals surface area contributed by atoms with Crippen LogP contribution in [-0.4, -0.2) is 18.5 Å². The van der Waals surface area contributed by atoms with Gasteiger partial charge in [-0.15, -0.1) is 0 Å². The molecule has 2 N–H and O–H groups in total. The number of rotatable bonds is 2. The SMILES string of the molecule is CC1(C(=O)OC(=O)CN)CC1. The van der Waals surface area contributed by atoms with Gasteiger partial charge in [-0.1, -0.05) is 0 Å². The molecule has 1 aliphatic rings. The lowest BCUT2D eigenvalue weighted by atomic mass is 10.1. The molecule has 0 aromatic carbocycles. The van der Waals surface area contributed by atoms with E-state index in [2.05, 4.69) is 4.74 Å². The van der Waals surface area contributed by atoms with Crippen molar-refractivity contribution in [2.45, 2.75) is 19.8 Å². The minimum absolute atomic E-state index is 0.234. The normalized spacial score (nSPS) is 19.1. The van der Waals surface area contributed by atoms with Gasteiger partial charge >= 0.3 is 11.9 Å². The van der Waals surface area contributed by atoms with Crippen LogP contribution in [0.15, 0.2) is 0 Å². The van der Waals surface area contributed by atoms with Gasteiger partial charge in [0, 0.05) is 0 Å². The molecule has 0 bridgehead atoms. The number of esters is 2. The third-order valence-corrected chi connectivity index (χ3v) is 1.87. The summed E-state index contributed by atoms with van der Waals surface area (Å²) in [4.78, 5) is 21.5. The number of carbonyl (C=O) groups excluding carboxylic acids is 2. The smallest absolute Gasteiger partial charge is 0.327 e. The lowest BCUT2D eigenvalue weighted by Crippen LogP contribution is -2.25. The van der Waals surface area contributed by atoms with Crippen LogP contribution in [0.25, 0.3) is 0 Å². The topological polar surface area (TPSA) is 69.4 Å². The van der Waals surface area contributed by atoms with Gasteiger partial charge in [-0.25, -0.2) is 0 Å². The van der Waals surface area contributed by atoms with E-state index in [4.69, 9.17) is 5.73 Å². The summed E-state index contributed by atoms with van der Waals surface area (Å²) in [6, 6.07) is 0. The monoisotopic (exact) mass is 157 g/mol. The molecule has 0 saturated heterocycles. The third kappa shape index (κ3) is 1.77. The van der Waals surface area contributed by atoms with Crippen molar-refractivity contribution in [3.8, 4) is 0 Å². The first-order chi connectivity index (χ1) is 5.08. The molecule has 0 amide bonds. The highest BCUT2D eigenvalue weighted by Gasteiger charge is 2.47. The van der Waals surface area contributed by atoms with Crippen molar-refractivity contribution < 1.29 is 14.3 Å². The lowest BCUT2D eigenvalue weighted by molar-refractivity contribution is -0.162. The van der Waals surface area contributed by atoms with Crippen LogP contribution >= 0.6 is 0 Å². The van der Waals surface area contributed by atoms with Crippen molar-refractivity contribution >= 4 is 11.9 Å². The molecule has 1 saturated carbocycles. The van der Waals surface area contributed by atoms with Crippen LogP contribution in [-0.2, 0) is 14.3 Å². The first-order valence-corrected chi connectivity index (χ1v) is 3.54. The van der Waals surface area contributed by atoms with Crippen LogP contribution < -0.4 is 5.73 Å². The zero-order chi connectivity index (χ0) is 8.48. The molecular formula is C7H11NO3. The predicted molar refractivity (Wildman–Crippen MR) is 37.5 cm³/mol. The van der Waals surface area contributed by atoms with Crippen molar-refractivity contribution in [3.63, 3.8) is 0 Å². The van der Waals surface area contributed by atoms with E-state index in [1.165, 1.54) is 0 Å². The van der Waals surface area contributed by atoms with E-state index in [9.17, 15) is 9.59 Å². The highest BCUT2D eigenvalue weighted by Crippen LogP contribution is 2.45. The second-order valence-electron chi connectivity index (χ2n) is 3.03. The first kappa shape index (κ1) is 8.20. The van der Waals surface area contributed by atoms with E-state index >= 15 is 0 Å². The molecule has 0 radical (unpaired) electrons. The van der Waals surface area contributed by atoms with Gasteiger partial charge in [0.05, 0.1) is 12.0 Å². The predicted octanol–water partition coefficient (Wildman–Crippen LogP) is -0.185. The number of carbonyl (C=O) groups is 2. The Hall–Kier alpha value is -0.900. The zero-order valence-electron chi connectivity index (χ0n) is 6.42. The molecule has 0 atom stereocenters. The second kappa shape index (κ2) is 2.62. The molecule has 1 fully saturated rings. The van der Waals surface area contributed by atoms with Gasteiger partial charge in [0.15, 0.2) is 0 Å². The second-order valence-corrected chi connectivity index (χ2v) is 3.03.